The highest BCUT2D eigenvalue weighted by molar-refractivity contribution is 5.77. The number of fused-ring (bicyclic) bond motifs is 1. The molecule has 2 N–H and O–H groups in total. The fourth-order valence-electron chi connectivity index (χ4n) is 1.22. The molecule has 1 aliphatic heterocycles. The van der Waals surface area contributed by atoms with Crippen molar-refractivity contribution in [1.29, 1.82) is 0 Å². The molecule has 1 unspecified atom stereocenters. The summed E-state index contributed by atoms with van der Waals surface area (Å²) < 4.78 is 5.35. The Balaban J connectivity index is 2.15. The van der Waals surface area contributed by atoms with Crippen LogP contribution in [0, 0.1) is 0 Å². The van der Waals surface area contributed by atoms with Gasteiger partial charge in [-0.05, 0) is 6.07 Å². The largest absolute Gasteiger partial charge is 0.487 e. The lowest BCUT2D eigenvalue weighted by molar-refractivity contribution is 0.188. The van der Waals surface area contributed by atoms with E-state index in [0.717, 1.165) is 0 Å². The number of ether oxygens (including phenoxy) is 1. The zero-order valence-electron chi connectivity index (χ0n) is 7.75. The van der Waals surface area contributed by atoms with Gasteiger partial charge in [0.1, 0.15) is 18.3 Å². The minimum Gasteiger partial charge on any atom is -0.487 e. The van der Waals surface area contributed by atoms with Crippen LogP contribution in [0.5, 0.6) is 5.75 Å². The second kappa shape index (κ2) is 3.95. The molecular formula is C9H9N3O3. The molecule has 1 amide bonds. The fraction of sp³-hybridized carbons (Fsp3) is 0.222. The fourth-order valence-corrected chi connectivity index (χ4v) is 1.22. The van der Waals surface area contributed by atoms with Gasteiger partial charge in [0.05, 0.1) is 6.20 Å². The van der Waals surface area contributed by atoms with E-state index < -0.39 is 12.1 Å². The monoisotopic (exact) mass is 207 g/mol. The standard InChI is InChI=1S/C9H9N3O3/c13-9(14)12-6-3-11-7-1-2-10-4-8(7)15-5-6/h1-4,6,12H,5H2,(H,13,14). The highest BCUT2D eigenvalue weighted by atomic mass is 16.5. The Morgan fingerprint density at radius 1 is 1.67 bits per heavy atom. The number of hydrogen-bond donors (Lipinski definition) is 2. The summed E-state index contributed by atoms with van der Waals surface area (Å²) in [5.74, 6) is 0.559. The molecule has 0 aromatic carbocycles. The number of hydrogen-bond acceptors (Lipinski definition) is 4. The van der Waals surface area contributed by atoms with Crippen molar-refractivity contribution in [2.24, 2.45) is 4.99 Å². The van der Waals surface area contributed by atoms with E-state index >= 15 is 0 Å². The van der Waals surface area contributed by atoms with Crippen LogP contribution in [0.2, 0.25) is 0 Å². The first-order valence-corrected chi connectivity index (χ1v) is 4.36. The third-order valence-electron chi connectivity index (χ3n) is 1.88. The summed E-state index contributed by atoms with van der Waals surface area (Å²) in [5, 5.41) is 10.8. The first kappa shape index (κ1) is 9.45. The second-order valence-electron chi connectivity index (χ2n) is 2.99. The van der Waals surface area contributed by atoms with Crippen LogP contribution in [0.15, 0.2) is 23.5 Å². The van der Waals surface area contributed by atoms with Crippen LogP contribution in [-0.4, -0.2) is 35.0 Å². The molecule has 0 bridgehead atoms. The zero-order chi connectivity index (χ0) is 10.7. The van der Waals surface area contributed by atoms with Crippen LogP contribution < -0.4 is 10.1 Å². The first-order valence-electron chi connectivity index (χ1n) is 4.36. The molecule has 2 rings (SSSR count). The second-order valence-corrected chi connectivity index (χ2v) is 2.99. The molecule has 0 spiro atoms. The highest BCUT2D eigenvalue weighted by Crippen LogP contribution is 2.26. The maximum atomic E-state index is 10.4. The van der Waals surface area contributed by atoms with Crippen LogP contribution in [0.3, 0.4) is 0 Å². The Labute approximate surface area is 85.6 Å². The van der Waals surface area contributed by atoms with Gasteiger partial charge in [-0.3, -0.25) is 9.98 Å². The van der Waals surface area contributed by atoms with E-state index in [1.54, 1.807) is 18.5 Å². The Kier molecular flexibility index (Phi) is 2.49. The van der Waals surface area contributed by atoms with Crippen molar-refractivity contribution in [3.63, 3.8) is 0 Å². The lowest BCUT2D eigenvalue weighted by atomic mass is 10.3. The van der Waals surface area contributed by atoms with E-state index in [-0.39, 0.29) is 6.61 Å². The lowest BCUT2D eigenvalue weighted by Gasteiger charge is -2.10. The molecule has 0 radical (unpaired) electrons. The Hall–Kier alpha value is -2.11. The summed E-state index contributed by atoms with van der Waals surface area (Å²) >= 11 is 0. The number of nitrogens with zero attached hydrogens (tertiary/aromatic N) is 2. The molecule has 78 valence electrons. The van der Waals surface area contributed by atoms with Crippen molar-refractivity contribution in [2.45, 2.75) is 6.04 Å². The van der Waals surface area contributed by atoms with Crippen molar-refractivity contribution < 1.29 is 14.6 Å². The summed E-state index contributed by atoms with van der Waals surface area (Å²) in [5.41, 5.74) is 0.652. The van der Waals surface area contributed by atoms with E-state index in [4.69, 9.17) is 9.84 Å². The SMILES string of the molecule is O=C(O)NC1C=Nc2ccncc2OC1. The predicted octanol–water partition coefficient (Wildman–Crippen LogP) is 0.812. The molecule has 6 nitrogen and oxygen atoms in total. The molecule has 0 aliphatic carbocycles. The molecular weight excluding hydrogens is 198 g/mol. The van der Waals surface area contributed by atoms with Gasteiger partial charge in [-0.15, -0.1) is 0 Å². The van der Waals surface area contributed by atoms with Crippen molar-refractivity contribution >= 4 is 18.0 Å². The molecule has 0 saturated heterocycles. The van der Waals surface area contributed by atoms with Gasteiger partial charge in [0.15, 0.2) is 5.75 Å². The van der Waals surface area contributed by atoms with Crippen LogP contribution in [0.1, 0.15) is 0 Å². The average Bonchev–Trinajstić information content (AvgIpc) is 2.41. The van der Waals surface area contributed by atoms with Gasteiger partial charge in [0.25, 0.3) is 0 Å². The smallest absolute Gasteiger partial charge is 0.405 e. The molecule has 2 heterocycles. The van der Waals surface area contributed by atoms with Gasteiger partial charge in [-0.25, -0.2) is 4.79 Å². The van der Waals surface area contributed by atoms with E-state index in [9.17, 15) is 4.79 Å². The number of rotatable bonds is 1. The maximum Gasteiger partial charge on any atom is 0.405 e. The number of carboxylic acid groups (broad SMARTS) is 1. The van der Waals surface area contributed by atoms with Crippen LogP contribution in [-0.2, 0) is 0 Å². The number of amides is 1. The molecule has 6 heteroatoms. The molecule has 15 heavy (non-hydrogen) atoms. The molecule has 1 aliphatic rings. The molecule has 0 saturated carbocycles. The minimum atomic E-state index is -1.10. The number of carbonyl (C=O) groups is 1. The summed E-state index contributed by atoms with van der Waals surface area (Å²) in [7, 11) is 0. The summed E-state index contributed by atoms with van der Waals surface area (Å²) in [6.45, 7) is 0.217. The Bertz CT molecular complexity index is 405. The van der Waals surface area contributed by atoms with E-state index in [2.05, 4.69) is 15.3 Å². The van der Waals surface area contributed by atoms with E-state index in [0.29, 0.717) is 11.4 Å². The van der Waals surface area contributed by atoms with Crippen LogP contribution in [0.4, 0.5) is 10.5 Å². The third-order valence-corrected chi connectivity index (χ3v) is 1.88. The summed E-state index contributed by atoms with van der Waals surface area (Å²) in [6, 6.07) is 1.27. The normalized spacial score (nSPS) is 18.5. The first-order chi connectivity index (χ1) is 7.25. The van der Waals surface area contributed by atoms with Gasteiger partial charge in [-0.1, -0.05) is 0 Å². The topological polar surface area (TPSA) is 83.8 Å². The lowest BCUT2D eigenvalue weighted by Crippen LogP contribution is -2.38. The van der Waals surface area contributed by atoms with Crippen LogP contribution in [0.25, 0.3) is 0 Å². The van der Waals surface area contributed by atoms with E-state index in [1.165, 1.54) is 6.21 Å². The third kappa shape index (κ3) is 2.22. The van der Waals surface area contributed by atoms with Gasteiger partial charge < -0.3 is 15.2 Å². The van der Waals surface area contributed by atoms with Gasteiger partial charge in [-0.2, -0.15) is 0 Å². The number of aromatic nitrogens is 1. The molecule has 1 aromatic heterocycles. The zero-order valence-corrected chi connectivity index (χ0v) is 7.75. The maximum absolute atomic E-state index is 10.4. The molecule has 1 atom stereocenters. The average molecular weight is 207 g/mol. The number of nitrogens with one attached hydrogen (secondary N) is 1. The summed E-state index contributed by atoms with van der Waals surface area (Å²) in [4.78, 5) is 18.4. The van der Waals surface area contributed by atoms with E-state index in [1.807, 2.05) is 0 Å². The molecule has 1 aromatic rings. The Morgan fingerprint density at radius 2 is 2.53 bits per heavy atom. The van der Waals surface area contributed by atoms with Crippen LogP contribution >= 0.6 is 0 Å². The minimum absolute atomic E-state index is 0.217. The Morgan fingerprint density at radius 3 is 3.33 bits per heavy atom. The van der Waals surface area contributed by atoms with Gasteiger partial charge >= 0.3 is 6.09 Å². The molecule has 0 fully saturated rings. The van der Waals surface area contributed by atoms with Gasteiger partial charge in [0, 0.05) is 12.4 Å². The predicted molar refractivity (Wildman–Crippen MR) is 52.8 cm³/mol. The van der Waals surface area contributed by atoms with Crippen molar-refractivity contribution in [3.05, 3.63) is 18.5 Å². The van der Waals surface area contributed by atoms with Crippen molar-refractivity contribution in [3.8, 4) is 5.75 Å². The van der Waals surface area contributed by atoms with Crippen molar-refractivity contribution in [1.82, 2.24) is 10.3 Å². The van der Waals surface area contributed by atoms with Gasteiger partial charge in [0.2, 0.25) is 0 Å². The number of aliphatic imine (C=N–C) groups is 1. The quantitative estimate of drug-likeness (QED) is 0.713. The van der Waals surface area contributed by atoms with Crippen molar-refractivity contribution in [2.75, 3.05) is 6.61 Å². The highest BCUT2D eigenvalue weighted by Gasteiger charge is 2.14. The summed E-state index contributed by atoms with van der Waals surface area (Å²) in [6.07, 6.45) is 3.57. The number of pyridine rings is 1.